The van der Waals surface area contributed by atoms with E-state index in [1.54, 1.807) is 0 Å². The molecule has 0 heterocycles. The molecule has 0 spiro atoms. The molecule has 0 saturated heterocycles. The monoisotopic (exact) mass is 1630 g/mol. The highest BCUT2D eigenvalue weighted by Crippen LogP contribution is 2.56. The summed E-state index contributed by atoms with van der Waals surface area (Å²) in [5.74, 6) is 0.761. The minimum atomic E-state index is 0.127. The van der Waals surface area contributed by atoms with E-state index in [9.17, 15) is 28.8 Å². The lowest BCUT2D eigenvalue weighted by molar-refractivity contribution is 0.0971. The van der Waals surface area contributed by atoms with Crippen LogP contribution >= 0.6 is 0 Å². The molecule has 0 bridgehead atoms. The van der Waals surface area contributed by atoms with E-state index in [4.69, 9.17) is 0 Å². The second-order valence-electron chi connectivity index (χ2n) is 35.7. The molecule has 7 aromatic carbocycles. The molecule has 0 aliphatic rings. The van der Waals surface area contributed by atoms with E-state index in [1.807, 2.05) is 72.8 Å². The van der Waals surface area contributed by atoms with Crippen molar-refractivity contribution < 1.29 is 28.8 Å². The topological polar surface area (TPSA) is 102 Å². The van der Waals surface area contributed by atoms with Gasteiger partial charge >= 0.3 is 0 Å². The van der Waals surface area contributed by atoms with Crippen LogP contribution in [0.25, 0.3) is 66.8 Å². The van der Waals surface area contributed by atoms with Gasteiger partial charge in [-0.05, 0) is 105 Å². The molecule has 0 fully saturated rings. The molecule has 6 nitrogen and oxygen atoms in total. The molecule has 6 heteroatoms. The van der Waals surface area contributed by atoms with Crippen LogP contribution in [0.3, 0.4) is 0 Å². The number of carbonyl (C=O) groups excluding carboxylic acids is 6. The molecule has 654 valence electrons. The van der Waals surface area contributed by atoms with Gasteiger partial charge in [0.05, 0.1) is 0 Å². The van der Waals surface area contributed by atoms with Crippen LogP contribution in [0.5, 0.6) is 0 Å². The van der Waals surface area contributed by atoms with Gasteiger partial charge < -0.3 is 0 Å². The Morgan fingerprint density at radius 2 is 0.225 bits per heavy atom. The predicted octanol–water partition coefficient (Wildman–Crippen LogP) is 36.3. The van der Waals surface area contributed by atoms with Crippen molar-refractivity contribution >= 4 is 34.7 Å². The summed E-state index contributed by atoms with van der Waals surface area (Å²) in [5, 5.41) is 0. The third-order valence-corrected chi connectivity index (χ3v) is 25.5. The zero-order valence-electron chi connectivity index (χ0n) is 76.7. The van der Waals surface area contributed by atoms with Crippen LogP contribution < -0.4 is 0 Å². The number of benzene rings is 7. The van der Waals surface area contributed by atoms with E-state index in [1.165, 1.54) is 231 Å². The van der Waals surface area contributed by atoms with Crippen molar-refractivity contribution in [3.8, 4) is 66.8 Å². The summed E-state index contributed by atoms with van der Waals surface area (Å²) in [4.78, 5) is 87.3. The fourth-order valence-electron chi connectivity index (χ4n) is 17.9. The van der Waals surface area contributed by atoms with Crippen molar-refractivity contribution in [2.75, 3.05) is 0 Å². The van der Waals surface area contributed by atoms with E-state index >= 15 is 0 Å². The fraction of sp³-hybridized carbons (Fsp3) is 0.579. The maximum absolute atomic E-state index is 14.5. The highest BCUT2D eigenvalue weighted by atomic mass is 16.1. The van der Waals surface area contributed by atoms with Crippen LogP contribution in [-0.2, 0) is 0 Å². The molecule has 7 aromatic rings. The normalized spacial score (nSPS) is 11.4. The Morgan fingerprint density at radius 3 is 0.325 bits per heavy atom. The second-order valence-corrected chi connectivity index (χ2v) is 35.7. The first kappa shape index (κ1) is 99.7. The molecule has 7 rings (SSSR count). The first-order chi connectivity index (χ1) is 59.0. The van der Waals surface area contributed by atoms with Crippen LogP contribution in [0.2, 0.25) is 0 Å². The van der Waals surface area contributed by atoms with Gasteiger partial charge in [0.15, 0.2) is 34.7 Å². The molecule has 0 aromatic heterocycles. The summed E-state index contributed by atoms with van der Waals surface area (Å²) in [6.45, 7) is 13.6. The molecule has 0 radical (unpaired) electrons. The Balaban J connectivity index is 1.48. The van der Waals surface area contributed by atoms with Crippen molar-refractivity contribution in [2.24, 2.45) is 0 Å². The molecule has 0 atom stereocenters. The van der Waals surface area contributed by atoms with E-state index in [2.05, 4.69) is 114 Å². The van der Waals surface area contributed by atoms with Gasteiger partial charge in [0, 0.05) is 71.9 Å². The Bertz CT molecular complexity index is 3270. The lowest BCUT2D eigenvalue weighted by Gasteiger charge is -2.29. The first-order valence-electron chi connectivity index (χ1n) is 50.0. The Labute approximate surface area is 731 Å². The minimum Gasteiger partial charge on any atom is -0.294 e. The Hall–Kier alpha value is -7.44. The third-order valence-electron chi connectivity index (χ3n) is 25.5. The van der Waals surface area contributed by atoms with Crippen LogP contribution in [-0.4, -0.2) is 34.7 Å². The zero-order chi connectivity index (χ0) is 85.3. The van der Waals surface area contributed by atoms with Crippen LogP contribution in [0.1, 0.15) is 489 Å². The molecule has 0 aliphatic heterocycles. The summed E-state index contributed by atoms with van der Waals surface area (Å²) < 4.78 is 0. The summed E-state index contributed by atoms with van der Waals surface area (Å²) in [6.07, 6.45) is 66.1. The maximum atomic E-state index is 14.5. The van der Waals surface area contributed by atoms with Crippen molar-refractivity contribution in [2.45, 2.75) is 427 Å². The number of hydrogen-bond donors (Lipinski definition) is 0. The summed E-state index contributed by atoms with van der Waals surface area (Å²) >= 11 is 0. The van der Waals surface area contributed by atoms with Crippen molar-refractivity contribution in [3.05, 3.63) is 179 Å². The molecule has 0 unspecified atom stereocenters. The average Bonchev–Trinajstić information content (AvgIpc) is 0.713. The highest BCUT2D eigenvalue weighted by Gasteiger charge is 2.31. The summed E-state index contributed by atoms with van der Waals surface area (Å²) in [5.41, 5.74) is 14.6. The molecule has 120 heavy (non-hydrogen) atoms. The van der Waals surface area contributed by atoms with Gasteiger partial charge in [0.2, 0.25) is 0 Å². The Kier molecular flexibility index (Phi) is 51.3. The highest BCUT2D eigenvalue weighted by molar-refractivity contribution is 6.16. The van der Waals surface area contributed by atoms with Gasteiger partial charge in [-0.15, -0.1) is 0 Å². The minimum absolute atomic E-state index is 0.127. The van der Waals surface area contributed by atoms with Crippen LogP contribution in [0.4, 0.5) is 0 Å². The number of Topliss-reactive ketones (excluding diaryl/α,β-unsaturated/α-hetero) is 6. The van der Waals surface area contributed by atoms with Crippen molar-refractivity contribution in [1.82, 2.24) is 0 Å². The Morgan fingerprint density at radius 1 is 0.133 bits per heavy atom. The van der Waals surface area contributed by atoms with Gasteiger partial charge in [0.25, 0.3) is 0 Å². The van der Waals surface area contributed by atoms with Gasteiger partial charge in [-0.1, -0.05) is 495 Å². The largest absolute Gasteiger partial charge is 0.294 e. The third kappa shape index (κ3) is 36.5. The van der Waals surface area contributed by atoms with E-state index in [-0.39, 0.29) is 34.7 Å². The zero-order valence-corrected chi connectivity index (χ0v) is 76.7. The standard InChI is InChI=1S/C114H162O6/c1-7-13-19-25-31-37-43-49-55-61-103(115)91-67-79-97(80-68-91)109-110(98-81-69-92(70-82-98)104(116)62-56-50-44-38-32-26-20-14-8-2)112(100-85-73-94(74-86-100)106(118)64-58-52-46-40-34-28-22-16-10-4)114(102-89-77-96(78-90-102)108(120)66-60-54-48-42-36-30-24-18-12-6)113(101-87-75-95(76-88-101)107(119)65-59-53-47-41-35-29-23-17-11-5)111(109)99-83-71-93(72-84-99)105(117)63-57-51-45-39-33-27-21-15-9-3/h67-90H,7-66H2,1-6H3. The lowest BCUT2D eigenvalue weighted by atomic mass is 9.73. The fourth-order valence-corrected chi connectivity index (χ4v) is 17.9. The average molecular weight is 1630 g/mol. The summed E-state index contributed by atoms with van der Waals surface area (Å²) in [6, 6.07) is 49.7. The SMILES string of the molecule is CCCCCCCCCCCC(=O)c1ccc(-c2c(-c3ccc(C(=O)CCCCCCCCCCC)cc3)c(-c3ccc(C(=O)CCCCCCCCCCC)cc3)c(-c3ccc(C(=O)CCCCCCCCCCC)cc3)c(-c3ccc(C(=O)CCCCCCCCCCC)cc3)c2-c2ccc(C(=O)CCCCCCCCCCC)cc2)cc1. The van der Waals surface area contributed by atoms with Crippen molar-refractivity contribution in [1.29, 1.82) is 0 Å². The van der Waals surface area contributed by atoms with Crippen molar-refractivity contribution in [3.63, 3.8) is 0 Å². The van der Waals surface area contributed by atoms with Gasteiger partial charge in [-0.25, -0.2) is 0 Å². The van der Waals surface area contributed by atoms with E-state index in [0.717, 1.165) is 182 Å². The molecule has 0 amide bonds. The van der Waals surface area contributed by atoms with E-state index in [0.29, 0.717) is 71.9 Å². The van der Waals surface area contributed by atoms with E-state index < -0.39 is 0 Å². The molecule has 0 aliphatic carbocycles. The summed E-state index contributed by atoms with van der Waals surface area (Å²) in [7, 11) is 0. The van der Waals surface area contributed by atoms with Gasteiger partial charge in [-0.2, -0.15) is 0 Å². The first-order valence-corrected chi connectivity index (χ1v) is 50.0. The molecular formula is C114H162O6. The van der Waals surface area contributed by atoms with Gasteiger partial charge in [-0.3, -0.25) is 28.8 Å². The van der Waals surface area contributed by atoms with Crippen LogP contribution in [0.15, 0.2) is 146 Å². The quantitative estimate of drug-likeness (QED) is 0.0278. The number of ketones is 6. The maximum Gasteiger partial charge on any atom is 0.162 e. The smallest absolute Gasteiger partial charge is 0.162 e. The lowest BCUT2D eigenvalue weighted by Crippen LogP contribution is -2.05. The number of rotatable bonds is 72. The molecule has 0 saturated carbocycles. The van der Waals surface area contributed by atoms with Crippen LogP contribution in [0, 0.1) is 0 Å². The number of unbranched alkanes of at least 4 members (excludes halogenated alkanes) is 48. The number of hydrogen-bond acceptors (Lipinski definition) is 6. The van der Waals surface area contributed by atoms with Gasteiger partial charge in [0.1, 0.15) is 0 Å². The predicted molar refractivity (Wildman–Crippen MR) is 516 cm³/mol. The second kappa shape index (κ2) is 61.8. The molecular weight excluding hydrogens is 1470 g/mol. The number of carbonyl (C=O) groups is 6. The molecule has 0 N–H and O–H groups in total.